The molecule has 0 atom stereocenters. The fourth-order valence-corrected chi connectivity index (χ4v) is 8.10. The molecule has 0 N–H and O–H groups in total. The molecule has 0 aliphatic rings. The Kier molecular flexibility index (Phi) is 8.55. The van der Waals surface area contributed by atoms with Crippen molar-refractivity contribution in [1.29, 1.82) is 0 Å². The monoisotopic (exact) mass is 714 g/mol. The summed E-state index contributed by atoms with van der Waals surface area (Å²) in [5, 5.41) is 2.48. The molecule has 0 fully saturated rings. The summed E-state index contributed by atoms with van der Waals surface area (Å²) in [4.78, 5) is 2.34. The summed E-state index contributed by atoms with van der Waals surface area (Å²) in [6.45, 7) is 0. The predicted molar refractivity (Wildman–Crippen MR) is 237 cm³/mol. The van der Waals surface area contributed by atoms with Gasteiger partial charge in [-0.2, -0.15) is 0 Å². The summed E-state index contributed by atoms with van der Waals surface area (Å²) >= 11 is 0. The number of benzene rings is 9. The van der Waals surface area contributed by atoms with Gasteiger partial charge in [-0.15, -0.1) is 0 Å². The number of para-hydroxylation sites is 4. The third-order valence-corrected chi connectivity index (χ3v) is 10.8. The molecule has 0 spiro atoms. The summed E-state index contributed by atoms with van der Waals surface area (Å²) in [6, 6.07) is 83.0. The zero-order valence-electron chi connectivity index (χ0n) is 30.8. The molecule has 10 aromatic rings. The number of nitrogens with zero attached hydrogens (tertiary/aromatic N) is 2. The van der Waals surface area contributed by atoms with E-state index in [-0.39, 0.29) is 0 Å². The van der Waals surface area contributed by atoms with E-state index in [1.165, 1.54) is 66.3 Å². The first-order chi connectivity index (χ1) is 27.8. The first-order valence-electron chi connectivity index (χ1n) is 19.2. The van der Waals surface area contributed by atoms with Gasteiger partial charge in [0.05, 0.1) is 16.7 Å². The van der Waals surface area contributed by atoms with Crippen LogP contribution in [-0.2, 0) is 0 Å². The molecule has 10 rings (SSSR count). The van der Waals surface area contributed by atoms with Gasteiger partial charge in [-0.3, -0.25) is 0 Å². The normalized spacial score (nSPS) is 11.2. The summed E-state index contributed by atoms with van der Waals surface area (Å²) in [7, 11) is 0. The second-order valence-corrected chi connectivity index (χ2v) is 14.2. The molecule has 0 saturated carbocycles. The van der Waals surface area contributed by atoms with Crippen molar-refractivity contribution in [3.05, 3.63) is 231 Å². The summed E-state index contributed by atoms with van der Waals surface area (Å²) in [5.74, 6) is 0. The molecular formula is C54H38N2. The topological polar surface area (TPSA) is 8.17 Å². The van der Waals surface area contributed by atoms with E-state index in [1.807, 2.05) is 0 Å². The van der Waals surface area contributed by atoms with Crippen molar-refractivity contribution in [3.63, 3.8) is 0 Å². The zero-order valence-corrected chi connectivity index (χ0v) is 30.8. The minimum Gasteiger partial charge on any atom is -0.310 e. The number of anilines is 3. The van der Waals surface area contributed by atoms with E-state index in [1.54, 1.807) is 0 Å². The fourth-order valence-electron chi connectivity index (χ4n) is 8.10. The Bertz CT molecular complexity index is 2830. The third kappa shape index (κ3) is 6.14. The Hall–Kier alpha value is -7.42. The summed E-state index contributed by atoms with van der Waals surface area (Å²) in [5.41, 5.74) is 16.4. The summed E-state index contributed by atoms with van der Waals surface area (Å²) < 4.78 is 2.44. The van der Waals surface area contributed by atoms with Crippen molar-refractivity contribution in [2.45, 2.75) is 0 Å². The highest BCUT2D eigenvalue weighted by molar-refractivity contribution is 6.10. The Morgan fingerprint density at radius 1 is 0.286 bits per heavy atom. The number of hydrogen-bond acceptors (Lipinski definition) is 1. The van der Waals surface area contributed by atoms with E-state index in [2.05, 4.69) is 240 Å². The van der Waals surface area contributed by atoms with Gasteiger partial charge < -0.3 is 9.47 Å². The molecule has 56 heavy (non-hydrogen) atoms. The quantitative estimate of drug-likeness (QED) is 0.152. The van der Waals surface area contributed by atoms with Gasteiger partial charge in [0.15, 0.2) is 0 Å². The van der Waals surface area contributed by atoms with Gasteiger partial charge in [0, 0.05) is 33.4 Å². The number of fused-ring (bicyclic) bond motifs is 3. The van der Waals surface area contributed by atoms with Crippen molar-refractivity contribution in [1.82, 2.24) is 4.57 Å². The maximum Gasteiger partial charge on any atom is 0.0547 e. The van der Waals surface area contributed by atoms with Gasteiger partial charge in [-0.25, -0.2) is 0 Å². The molecule has 1 heterocycles. The average Bonchev–Trinajstić information content (AvgIpc) is 3.62. The second kappa shape index (κ2) is 14.4. The Labute approximate surface area is 327 Å². The first kappa shape index (κ1) is 33.2. The van der Waals surface area contributed by atoms with Crippen LogP contribution in [0.15, 0.2) is 231 Å². The molecule has 0 unspecified atom stereocenters. The van der Waals surface area contributed by atoms with Gasteiger partial charge in [-0.05, 0) is 99.6 Å². The minimum absolute atomic E-state index is 1.12. The lowest BCUT2D eigenvalue weighted by Gasteiger charge is -2.27. The highest BCUT2D eigenvalue weighted by Crippen LogP contribution is 2.42. The smallest absolute Gasteiger partial charge is 0.0547 e. The maximum absolute atomic E-state index is 2.44. The van der Waals surface area contributed by atoms with Crippen LogP contribution in [0.2, 0.25) is 0 Å². The lowest BCUT2D eigenvalue weighted by molar-refractivity contribution is 1.18. The molecule has 0 bridgehead atoms. The summed E-state index contributed by atoms with van der Waals surface area (Å²) in [6.07, 6.45) is 0. The SMILES string of the molecule is c1ccc(-c2cc(-c3ccccc3)cc(-n3c4ccccc4c4ccc(-c5ccc(-c6ccccc6N(c6ccccc6)c6ccccc6)cc5)cc43)c2)cc1. The van der Waals surface area contributed by atoms with Crippen LogP contribution in [-0.4, -0.2) is 4.57 Å². The number of aromatic nitrogens is 1. The van der Waals surface area contributed by atoms with Gasteiger partial charge >= 0.3 is 0 Å². The van der Waals surface area contributed by atoms with Crippen LogP contribution < -0.4 is 4.90 Å². The lowest BCUT2D eigenvalue weighted by Crippen LogP contribution is -2.10. The van der Waals surface area contributed by atoms with Gasteiger partial charge in [0.25, 0.3) is 0 Å². The van der Waals surface area contributed by atoms with E-state index < -0.39 is 0 Å². The Morgan fingerprint density at radius 2 is 0.750 bits per heavy atom. The van der Waals surface area contributed by atoms with Gasteiger partial charge in [-0.1, -0.05) is 170 Å². The molecule has 0 aliphatic heterocycles. The van der Waals surface area contributed by atoms with Crippen molar-refractivity contribution in [2.75, 3.05) is 4.90 Å². The Balaban J connectivity index is 1.09. The van der Waals surface area contributed by atoms with E-state index in [9.17, 15) is 0 Å². The molecule has 0 saturated heterocycles. The van der Waals surface area contributed by atoms with Crippen LogP contribution in [0.4, 0.5) is 17.1 Å². The highest BCUT2D eigenvalue weighted by atomic mass is 15.1. The average molecular weight is 715 g/mol. The maximum atomic E-state index is 2.44. The molecule has 2 nitrogen and oxygen atoms in total. The molecule has 0 amide bonds. The Morgan fingerprint density at radius 3 is 1.38 bits per heavy atom. The van der Waals surface area contributed by atoms with Gasteiger partial charge in [0.1, 0.15) is 0 Å². The predicted octanol–water partition coefficient (Wildman–Crippen LogP) is 14.9. The van der Waals surface area contributed by atoms with Crippen molar-refractivity contribution in [2.24, 2.45) is 0 Å². The number of rotatable bonds is 8. The van der Waals surface area contributed by atoms with Crippen LogP contribution in [0.1, 0.15) is 0 Å². The number of hydrogen-bond donors (Lipinski definition) is 0. The molecule has 0 aliphatic carbocycles. The highest BCUT2D eigenvalue weighted by Gasteiger charge is 2.18. The third-order valence-electron chi connectivity index (χ3n) is 10.8. The van der Waals surface area contributed by atoms with Crippen molar-refractivity contribution >= 4 is 38.9 Å². The van der Waals surface area contributed by atoms with Crippen LogP contribution in [0.5, 0.6) is 0 Å². The molecule has 0 radical (unpaired) electrons. The van der Waals surface area contributed by atoms with Crippen molar-refractivity contribution < 1.29 is 0 Å². The van der Waals surface area contributed by atoms with Crippen LogP contribution in [0.3, 0.4) is 0 Å². The fraction of sp³-hybridized carbons (Fsp3) is 0. The molecule has 264 valence electrons. The minimum atomic E-state index is 1.12. The largest absolute Gasteiger partial charge is 0.310 e. The van der Waals surface area contributed by atoms with E-state index in [4.69, 9.17) is 0 Å². The van der Waals surface area contributed by atoms with Gasteiger partial charge in [0.2, 0.25) is 0 Å². The van der Waals surface area contributed by atoms with Crippen LogP contribution in [0.25, 0.3) is 72.0 Å². The molecular weight excluding hydrogens is 677 g/mol. The van der Waals surface area contributed by atoms with Crippen LogP contribution in [0, 0.1) is 0 Å². The van der Waals surface area contributed by atoms with E-state index >= 15 is 0 Å². The zero-order chi connectivity index (χ0) is 37.3. The van der Waals surface area contributed by atoms with Crippen LogP contribution >= 0.6 is 0 Å². The molecule has 1 aromatic heterocycles. The lowest BCUT2D eigenvalue weighted by atomic mass is 9.97. The molecule has 9 aromatic carbocycles. The standard InChI is InChI=1S/C54H38N2/c1-5-17-39(18-6-1)44-35-45(40-19-7-2-8-20-40)37-48(36-44)56-53-28-16-14-26-50(53)51-34-33-43(38-54(51)56)41-29-31-42(32-30-41)49-25-13-15-27-52(49)55(46-21-9-3-10-22-46)47-23-11-4-12-24-47/h1-38H. The van der Waals surface area contributed by atoms with E-state index in [0.717, 1.165) is 22.7 Å². The van der Waals surface area contributed by atoms with E-state index in [0.29, 0.717) is 0 Å². The van der Waals surface area contributed by atoms with Crippen molar-refractivity contribution in [3.8, 4) is 50.2 Å². The molecule has 2 heteroatoms. The first-order valence-corrected chi connectivity index (χ1v) is 19.2. The second-order valence-electron chi connectivity index (χ2n) is 14.2.